The molecule has 84 heavy (non-hydrogen) atoms. The number of likely N-dealkylation sites (N-methyl/N-ethyl adjacent to an activating group) is 1. The third-order valence-electron chi connectivity index (χ3n) is 15.2. The molecule has 2 N–H and O–H groups in total. The summed E-state index contributed by atoms with van der Waals surface area (Å²) >= 11 is 0. The molecule has 0 radical (unpaired) electrons. The fourth-order valence-corrected chi connectivity index (χ4v) is 10.5. The minimum atomic E-state index is -4.46. The lowest BCUT2D eigenvalue weighted by molar-refractivity contribution is -0.870. The maximum absolute atomic E-state index is 13.6. The molecule has 0 aromatic heterocycles. The second-order valence-electron chi connectivity index (χ2n) is 24.7. The molecule has 10 heteroatoms. The van der Waals surface area contributed by atoms with Crippen molar-refractivity contribution < 1.29 is 37.3 Å². The molecule has 0 aliphatic carbocycles. The summed E-state index contributed by atoms with van der Waals surface area (Å²) in [5, 5.41) is 3.06. The van der Waals surface area contributed by atoms with Gasteiger partial charge in [-0.15, -0.1) is 0 Å². The van der Waals surface area contributed by atoms with Crippen LogP contribution in [0.4, 0.5) is 0 Å². The predicted octanol–water partition coefficient (Wildman–Crippen LogP) is 22.3. The Kier molecular flexibility index (Phi) is 60.7. The first kappa shape index (κ1) is 80.9. The molecule has 0 bridgehead atoms. The van der Waals surface area contributed by atoms with E-state index in [4.69, 9.17) is 13.8 Å². The quantitative estimate of drug-likeness (QED) is 0.0205. The number of phosphoric ester groups is 1. The maximum atomic E-state index is 13.6. The number of carbonyl (C=O) groups is 2. The van der Waals surface area contributed by atoms with Gasteiger partial charge < -0.3 is 19.4 Å². The van der Waals surface area contributed by atoms with E-state index < -0.39 is 20.0 Å². The van der Waals surface area contributed by atoms with Gasteiger partial charge in [-0.2, -0.15) is 0 Å². The van der Waals surface area contributed by atoms with Gasteiger partial charge in [0, 0.05) is 12.8 Å². The Bertz CT molecular complexity index is 1760. The standard InChI is InChI=1S/C74H133N2O7P/c1-7-10-13-16-19-22-25-28-30-32-34-36-37-38-39-41-42-44-46-48-51-54-57-60-63-66-73(77)75-71(70-82-84(79,80)81-69-68-76(4,5)6)72(65-62-59-56-53-50-27-24-21-18-15-12-9-3)83-74(78)67-64-61-58-55-52-49-47-45-43-40-35-33-31-29-26-23-20-17-14-11-8-2/h19-20,22-23,28-31,34-36,38-40,62,65,71-72H,7-18,21,24-27,32-33,37,41-61,63-64,66-70H2,1-6H3,(H-,75,77,79,80)/p+1/b22-19-,23-20-,30-28-,31-29-,36-34-,39-38-,40-35-,65-62-. The molecule has 0 saturated heterocycles. The Hall–Kier alpha value is -3.07. The Morgan fingerprint density at radius 3 is 1.11 bits per heavy atom. The summed E-state index contributed by atoms with van der Waals surface area (Å²) in [5.41, 5.74) is 0. The fourth-order valence-electron chi connectivity index (χ4n) is 9.81. The van der Waals surface area contributed by atoms with Crippen LogP contribution in [0.1, 0.15) is 310 Å². The van der Waals surface area contributed by atoms with E-state index in [-0.39, 0.29) is 31.5 Å². The second kappa shape index (κ2) is 63.0. The van der Waals surface area contributed by atoms with Crippen molar-refractivity contribution in [3.63, 3.8) is 0 Å². The van der Waals surface area contributed by atoms with Gasteiger partial charge in [0.2, 0.25) is 5.91 Å². The summed E-state index contributed by atoms with van der Waals surface area (Å²) in [7, 11) is 1.48. The molecule has 0 aromatic carbocycles. The Morgan fingerprint density at radius 2 is 0.726 bits per heavy atom. The number of nitrogens with zero attached hydrogens (tertiary/aromatic N) is 1. The molecule has 0 aliphatic rings. The zero-order valence-electron chi connectivity index (χ0n) is 55.6. The van der Waals surface area contributed by atoms with Gasteiger partial charge in [0.1, 0.15) is 19.3 Å². The summed E-state index contributed by atoms with van der Waals surface area (Å²) in [6.07, 6.45) is 85.5. The Balaban J connectivity index is 5.13. The lowest BCUT2D eigenvalue weighted by atomic mass is 10.0. The fraction of sp³-hybridized carbons (Fsp3) is 0.757. The number of carbonyl (C=O) groups excluding carboxylic acids is 2. The number of quaternary nitrogens is 1. The van der Waals surface area contributed by atoms with Crippen LogP contribution < -0.4 is 5.32 Å². The van der Waals surface area contributed by atoms with Crippen molar-refractivity contribution in [3.8, 4) is 0 Å². The average molecular weight is 1190 g/mol. The van der Waals surface area contributed by atoms with Crippen LogP contribution in [-0.2, 0) is 27.9 Å². The third-order valence-corrected chi connectivity index (χ3v) is 16.2. The van der Waals surface area contributed by atoms with Gasteiger partial charge in [0.25, 0.3) is 0 Å². The summed E-state index contributed by atoms with van der Waals surface area (Å²) in [6.45, 7) is 6.96. The molecule has 486 valence electrons. The monoisotopic (exact) mass is 1190 g/mol. The van der Waals surface area contributed by atoms with Gasteiger partial charge >= 0.3 is 13.8 Å². The molecular weight excluding hydrogens is 1060 g/mol. The number of phosphoric acid groups is 1. The van der Waals surface area contributed by atoms with Gasteiger partial charge in [-0.25, -0.2) is 4.57 Å². The highest BCUT2D eigenvalue weighted by atomic mass is 31.2. The third kappa shape index (κ3) is 63.4. The van der Waals surface area contributed by atoms with Gasteiger partial charge in [0.05, 0.1) is 33.8 Å². The molecule has 0 fully saturated rings. The van der Waals surface area contributed by atoms with Crippen LogP contribution >= 0.6 is 7.82 Å². The Morgan fingerprint density at radius 1 is 0.417 bits per heavy atom. The molecule has 0 aliphatic heterocycles. The van der Waals surface area contributed by atoms with Crippen LogP contribution in [0.5, 0.6) is 0 Å². The summed E-state index contributed by atoms with van der Waals surface area (Å²) < 4.78 is 30.8. The van der Waals surface area contributed by atoms with Crippen molar-refractivity contribution in [2.45, 2.75) is 322 Å². The van der Waals surface area contributed by atoms with Crippen molar-refractivity contribution in [2.75, 3.05) is 40.9 Å². The summed E-state index contributed by atoms with van der Waals surface area (Å²) in [4.78, 5) is 37.9. The zero-order chi connectivity index (χ0) is 61.4. The SMILES string of the molecule is CCCCC/C=C\C/C=C\C/C=C\C/C=C\CCCCCCCCCCCC(=O)NC(COP(=O)(O)OCC[N+](C)(C)C)C(/C=C\CCCCCCCCCCCC)OC(=O)CCCCCCCCCC/C=C\C/C=C\C/C=C\CCCCC. The molecule has 0 aromatic rings. The number of amides is 1. The molecule has 0 heterocycles. The van der Waals surface area contributed by atoms with Crippen molar-refractivity contribution in [2.24, 2.45) is 0 Å². The van der Waals surface area contributed by atoms with E-state index in [2.05, 4.69) is 111 Å². The molecule has 9 nitrogen and oxygen atoms in total. The number of allylic oxidation sites excluding steroid dienone is 15. The highest BCUT2D eigenvalue weighted by Crippen LogP contribution is 2.43. The van der Waals surface area contributed by atoms with E-state index in [9.17, 15) is 19.0 Å². The van der Waals surface area contributed by atoms with Crippen LogP contribution in [0.15, 0.2) is 97.2 Å². The maximum Gasteiger partial charge on any atom is 0.472 e. The van der Waals surface area contributed by atoms with Crippen molar-refractivity contribution in [1.29, 1.82) is 0 Å². The van der Waals surface area contributed by atoms with Crippen molar-refractivity contribution in [3.05, 3.63) is 97.2 Å². The van der Waals surface area contributed by atoms with Crippen LogP contribution in [0, 0.1) is 0 Å². The van der Waals surface area contributed by atoms with E-state index in [1.807, 2.05) is 33.3 Å². The molecule has 3 unspecified atom stereocenters. The minimum Gasteiger partial charge on any atom is -0.456 e. The molecular formula is C74H134N2O7P+. The Labute approximate surface area is 519 Å². The van der Waals surface area contributed by atoms with Crippen LogP contribution in [0.2, 0.25) is 0 Å². The number of rotatable bonds is 63. The lowest BCUT2D eigenvalue weighted by Gasteiger charge is -2.27. The van der Waals surface area contributed by atoms with E-state index in [0.717, 1.165) is 116 Å². The highest BCUT2D eigenvalue weighted by Gasteiger charge is 2.30. The van der Waals surface area contributed by atoms with Crippen LogP contribution in [-0.4, -0.2) is 74.3 Å². The van der Waals surface area contributed by atoms with E-state index in [1.165, 1.54) is 161 Å². The molecule has 0 spiro atoms. The van der Waals surface area contributed by atoms with E-state index in [1.54, 1.807) is 0 Å². The molecule has 0 saturated carbocycles. The molecule has 3 atom stereocenters. The van der Waals surface area contributed by atoms with Gasteiger partial charge in [0.15, 0.2) is 0 Å². The smallest absolute Gasteiger partial charge is 0.456 e. The summed E-state index contributed by atoms with van der Waals surface area (Å²) in [6, 6.07) is -0.861. The van der Waals surface area contributed by atoms with Crippen molar-refractivity contribution >= 4 is 19.7 Å². The van der Waals surface area contributed by atoms with Crippen molar-refractivity contribution in [1.82, 2.24) is 5.32 Å². The van der Waals surface area contributed by atoms with Crippen LogP contribution in [0.3, 0.4) is 0 Å². The largest absolute Gasteiger partial charge is 0.472 e. The van der Waals surface area contributed by atoms with Gasteiger partial charge in [-0.05, 0) is 115 Å². The first-order valence-corrected chi connectivity index (χ1v) is 36.6. The van der Waals surface area contributed by atoms with Gasteiger partial charge in [-0.1, -0.05) is 279 Å². The topological polar surface area (TPSA) is 111 Å². The van der Waals surface area contributed by atoms with Gasteiger partial charge in [-0.3, -0.25) is 18.6 Å². The number of nitrogens with one attached hydrogen (secondary N) is 1. The molecule has 0 rings (SSSR count). The van der Waals surface area contributed by atoms with E-state index >= 15 is 0 Å². The number of hydrogen-bond donors (Lipinski definition) is 2. The van der Waals surface area contributed by atoms with E-state index in [0.29, 0.717) is 17.4 Å². The van der Waals surface area contributed by atoms with Crippen LogP contribution in [0.25, 0.3) is 0 Å². The zero-order valence-corrected chi connectivity index (χ0v) is 56.5. The highest BCUT2D eigenvalue weighted by molar-refractivity contribution is 7.47. The molecule has 1 amide bonds. The number of hydrogen-bond acceptors (Lipinski definition) is 6. The first-order valence-electron chi connectivity index (χ1n) is 35.1. The number of esters is 1. The second-order valence-corrected chi connectivity index (χ2v) is 26.1. The predicted molar refractivity (Wildman–Crippen MR) is 364 cm³/mol. The normalized spacial score (nSPS) is 14.1. The number of ether oxygens (including phenoxy) is 1. The summed E-state index contributed by atoms with van der Waals surface area (Å²) in [5.74, 6) is -0.518. The number of unbranched alkanes of at least 4 members (excludes halogenated alkanes) is 33. The average Bonchev–Trinajstić information content (AvgIpc) is 3.64. The minimum absolute atomic E-state index is 0.0338. The lowest BCUT2D eigenvalue weighted by Crippen LogP contribution is -2.47. The first-order chi connectivity index (χ1) is 40.9.